The second kappa shape index (κ2) is 13.1. The predicted octanol–water partition coefficient (Wildman–Crippen LogP) is 12.2. The summed E-state index contributed by atoms with van der Waals surface area (Å²) in [5.41, 5.74) is 0.983. The minimum Gasteiger partial charge on any atom is -0.462 e. The van der Waals surface area contributed by atoms with Crippen LogP contribution in [0.4, 0.5) is 0 Å². The molecule has 0 saturated heterocycles. The van der Waals surface area contributed by atoms with Gasteiger partial charge in [-0.05, 0) is 138 Å². The molecule has 60 heavy (non-hydrogen) atoms. The van der Waals surface area contributed by atoms with Crippen LogP contribution in [0.2, 0.25) is 0 Å². The zero-order chi connectivity index (χ0) is 41.1. The minimum absolute atomic E-state index is 0.126. The monoisotopic (exact) mass is 788 g/mol. The molecular weight excluding hydrogens is 753 g/mol. The van der Waals surface area contributed by atoms with Crippen molar-refractivity contribution in [3.8, 4) is 0 Å². The van der Waals surface area contributed by atoms with E-state index >= 15 is 0 Å². The van der Waals surface area contributed by atoms with E-state index in [-0.39, 0.29) is 48.7 Å². The van der Waals surface area contributed by atoms with E-state index in [0.717, 1.165) is 86.2 Å². The first-order valence-corrected chi connectivity index (χ1v) is 20.4. The molecule has 0 unspecified atom stereocenters. The molecule has 0 atom stereocenters. The number of carbonyl (C=O) groups is 4. The summed E-state index contributed by atoms with van der Waals surface area (Å²) in [6.07, 6.45) is 0. The first-order valence-electron chi connectivity index (χ1n) is 20.4. The van der Waals surface area contributed by atoms with Crippen molar-refractivity contribution < 1.29 is 38.1 Å². The molecule has 0 amide bonds. The number of fused-ring (bicyclic) bond motifs is 10. The number of hydrogen-bond donors (Lipinski definition) is 0. The molecule has 0 aliphatic carbocycles. The summed E-state index contributed by atoms with van der Waals surface area (Å²) < 4.78 is 23.1. The number of ether oxygens (including phenoxy) is 4. The Morgan fingerprint density at radius 1 is 0.317 bits per heavy atom. The summed E-state index contributed by atoms with van der Waals surface area (Å²) in [6, 6.07) is 31.8. The van der Waals surface area contributed by atoms with Gasteiger partial charge in [0.05, 0.1) is 48.7 Å². The van der Waals surface area contributed by atoms with Crippen molar-refractivity contribution in [2.24, 2.45) is 0 Å². The first kappa shape index (κ1) is 35.8. The van der Waals surface area contributed by atoms with Crippen LogP contribution in [0.1, 0.15) is 69.1 Å². The molecule has 0 heterocycles. The Morgan fingerprint density at radius 3 is 0.983 bits per heavy atom. The molecule has 0 spiro atoms. The highest BCUT2D eigenvalue weighted by atomic mass is 16.5. The molecule has 11 rings (SSSR count). The van der Waals surface area contributed by atoms with E-state index in [1.165, 1.54) is 0 Å². The largest absolute Gasteiger partial charge is 0.462 e. The van der Waals surface area contributed by atoms with Gasteiger partial charge in [0, 0.05) is 21.5 Å². The van der Waals surface area contributed by atoms with Crippen molar-refractivity contribution in [3.63, 3.8) is 0 Å². The van der Waals surface area contributed by atoms with Gasteiger partial charge in [-0.1, -0.05) is 72.8 Å². The lowest BCUT2D eigenvalue weighted by Gasteiger charge is -2.27. The smallest absolute Gasteiger partial charge is 0.338 e. The minimum atomic E-state index is -0.563. The lowest BCUT2D eigenvalue weighted by Crippen LogP contribution is -2.13. The molecule has 0 aliphatic rings. The van der Waals surface area contributed by atoms with Crippen molar-refractivity contribution >= 4 is 132 Å². The second-order valence-corrected chi connectivity index (χ2v) is 15.2. The molecule has 11 aromatic carbocycles. The van der Waals surface area contributed by atoms with E-state index in [4.69, 9.17) is 18.9 Å². The summed E-state index contributed by atoms with van der Waals surface area (Å²) >= 11 is 0. The third kappa shape index (κ3) is 4.61. The lowest BCUT2D eigenvalue weighted by molar-refractivity contribution is 0.0511. The predicted molar refractivity (Wildman–Crippen MR) is 239 cm³/mol. The Balaban J connectivity index is 1.58. The van der Waals surface area contributed by atoms with Crippen LogP contribution in [-0.2, 0) is 18.9 Å². The van der Waals surface area contributed by atoms with Gasteiger partial charge in [-0.25, -0.2) is 19.2 Å². The van der Waals surface area contributed by atoms with Gasteiger partial charge in [-0.2, -0.15) is 0 Å². The van der Waals surface area contributed by atoms with E-state index in [1.807, 2.05) is 60.7 Å². The summed E-state index contributed by atoms with van der Waals surface area (Å²) in [6.45, 7) is 7.55. The van der Waals surface area contributed by atoms with Crippen molar-refractivity contribution in [2.45, 2.75) is 27.7 Å². The van der Waals surface area contributed by atoms with Crippen LogP contribution < -0.4 is 0 Å². The Labute approximate surface area is 342 Å². The van der Waals surface area contributed by atoms with Gasteiger partial charge in [-0.3, -0.25) is 0 Å². The molecule has 0 radical (unpaired) electrons. The maximum Gasteiger partial charge on any atom is 0.338 e. The van der Waals surface area contributed by atoms with Crippen molar-refractivity contribution in [3.05, 3.63) is 119 Å². The molecule has 0 saturated carbocycles. The van der Waals surface area contributed by atoms with Gasteiger partial charge in [0.25, 0.3) is 0 Å². The Bertz CT molecular complexity index is 3430. The fourth-order valence-corrected chi connectivity index (χ4v) is 10.2. The maximum atomic E-state index is 14.4. The average molecular weight is 789 g/mol. The summed E-state index contributed by atoms with van der Waals surface area (Å²) in [7, 11) is 0. The van der Waals surface area contributed by atoms with Crippen molar-refractivity contribution in [2.75, 3.05) is 26.4 Å². The first-order chi connectivity index (χ1) is 29.3. The van der Waals surface area contributed by atoms with Gasteiger partial charge in [0.1, 0.15) is 0 Å². The molecule has 0 aliphatic heterocycles. The Morgan fingerprint density at radius 2 is 0.633 bits per heavy atom. The third-order valence-corrected chi connectivity index (χ3v) is 12.3. The molecule has 0 aromatic heterocycles. The van der Waals surface area contributed by atoms with Gasteiger partial charge in [0.15, 0.2) is 0 Å². The molecule has 0 fully saturated rings. The molecule has 0 N–H and O–H groups in total. The second-order valence-electron chi connectivity index (χ2n) is 15.2. The third-order valence-electron chi connectivity index (χ3n) is 12.3. The van der Waals surface area contributed by atoms with Gasteiger partial charge in [0.2, 0.25) is 0 Å². The van der Waals surface area contributed by atoms with Crippen LogP contribution >= 0.6 is 0 Å². The van der Waals surface area contributed by atoms with Gasteiger partial charge in [-0.15, -0.1) is 0 Å². The van der Waals surface area contributed by atoms with E-state index < -0.39 is 23.9 Å². The fourth-order valence-electron chi connectivity index (χ4n) is 10.2. The van der Waals surface area contributed by atoms with E-state index in [2.05, 4.69) is 36.4 Å². The standard InChI is InChI=1S/C52H36O8/c1-5-57-49(53)35-21-31-29-19-17-25-13-9-11-15-27(25)39(29)34-24-38(52(56)60-8-4)42-36(50(54)58-6-2)22-32-30-20-18-26-14-10-12-16-28(26)40(30)33-23-37(51(55)59-7-3)41(35)47-43(31)46(34)48(42)44(32)45(33)47/h9-24H,5-8H2,1-4H3. The van der Waals surface area contributed by atoms with E-state index in [1.54, 1.807) is 27.7 Å². The highest BCUT2D eigenvalue weighted by Gasteiger charge is 2.34. The quantitative estimate of drug-likeness (QED) is 0.0648. The summed E-state index contributed by atoms with van der Waals surface area (Å²) in [4.78, 5) is 57.6. The molecule has 0 bridgehead atoms. The number of benzene rings is 11. The molecule has 292 valence electrons. The highest BCUT2D eigenvalue weighted by Crippen LogP contribution is 2.56. The number of rotatable bonds is 8. The van der Waals surface area contributed by atoms with E-state index in [9.17, 15) is 19.2 Å². The Kier molecular flexibility index (Phi) is 7.82. The molecule has 11 aromatic rings. The van der Waals surface area contributed by atoms with E-state index in [0.29, 0.717) is 21.5 Å². The van der Waals surface area contributed by atoms with Crippen LogP contribution in [0.3, 0.4) is 0 Å². The molecule has 8 nitrogen and oxygen atoms in total. The normalized spacial score (nSPS) is 12.2. The SMILES string of the molecule is CCOC(=O)c1cc2c3ccc4ccccc4c3c3cc(C(=O)OCC)c4c(C(=O)OCC)cc5c6ccc7ccccc7c6c6cc(C(=O)OCC)c1c1c2c3c4c5c61. The summed E-state index contributed by atoms with van der Waals surface area (Å²) in [5, 5.41) is 15.8. The zero-order valence-electron chi connectivity index (χ0n) is 33.3. The van der Waals surface area contributed by atoms with Crippen LogP contribution in [0.5, 0.6) is 0 Å². The summed E-state index contributed by atoms with van der Waals surface area (Å²) in [5.74, 6) is -2.25. The Hall–Kier alpha value is -7.32. The van der Waals surface area contributed by atoms with Crippen molar-refractivity contribution in [1.82, 2.24) is 0 Å². The zero-order valence-corrected chi connectivity index (χ0v) is 33.3. The maximum absolute atomic E-state index is 14.4. The van der Waals surface area contributed by atoms with Gasteiger partial charge >= 0.3 is 23.9 Å². The lowest BCUT2D eigenvalue weighted by atomic mass is 9.75. The highest BCUT2D eigenvalue weighted by molar-refractivity contribution is 6.54. The molecular formula is C52H36O8. The average Bonchev–Trinajstić information content (AvgIpc) is 3.27. The van der Waals surface area contributed by atoms with Crippen LogP contribution in [0, 0.1) is 0 Å². The number of esters is 4. The van der Waals surface area contributed by atoms with Crippen LogP contribution in [-0.4, -0.2) is 50.3 Å². The molecule has 8 heteroatoms. The topological polar surface area (TPSA) is 105 Å². The number of carbonyl (C=O) groups excluding carboxylic acids is 4. The fraction of sp³-hybridized carbons (Fsp3) is 0.154. The van der Waals surface area contributed by atoms with Crippen LogP contribution in [0.25, 0.3) is 108 Å². The van der Waals surface area contributed by atoms with Crippen LogP contribution in [0.15, 0.2) is 97.1 Å². The number of hydrogen-bond acceptors (Lipinski definition) is 8. The van der Waals surface area contributed by atoms with Crippen molar-refractivity contribution in [1.29, 1.82) is 0 Å². The van der Waals surface area contributed by atoms with Gasteiger partial charge < -0.3 is 18.9 Å².